The summed E-state index contributed by atoms with van der Waals surface area (Å²) >= 11 is 5.96. The van der Waals surface area contributed by atoms with Gasteiger partial charge in [-0.3, -0.25) is 15.0 Å². The molecule has 37 heavy (non-hydrogen) atoms. The van der Waals surface area contributed by atoms with Crippen LogP contribution in [0, 0.1) is 18.6 Å². The molecule has 1 aliphatic carbocycles. The first-order valence-corrected chi connectivity index (χ1v) is 12.9. The molecular weight excluding hydrogens is 502 g/mol. The number of halogens is 3. The number of amides is 1. The molecule has 2 aliphatic rings. The predicted octanol–water partition coefficient (Wildman–Crippen LogP) is 4.31. The van der Waals surface area contributed by atoms with E-state index in [9.17, 15) is 18.4 Å². The Morgan fingerprint density at radius 1 is 1.11 bits per heavy atom. The van der Waals surface area contributed by atoms with Gasteiger partial charge in [0.15, 0.2) is 0 Å². The molecule has 10 heteroatoms. The van der Waals surface area contributed by atoms with Crippen LogP contribution in [0.15, 0.2) is 41.3 Å². The minimum Gasteiger partial charge on any atom is -0.493 e. The van der Waals surface area contributed by atoms with E-state index in [0.29, 0.717) is 36.5 Å². The summed E-state index contributed by atoms with van der Waals surface area (Å²) in [5.74, 6) is -0.930. The lowest BCUT2D eigenvalue weighted by molar-refractivity contribution is 0.0609. The Morgan fingerprint density at radius 3 is 2.57 bits per heavy atom. The molecule has 5 rings (SSSR count). The molecule has 1 aliphatic heterocycles. The van der Waals surface area contributed by atoms with Gasteiger partial charge in [0.05, 0.1) is 17.1 Å². The molecule has 1 aromatic heterocycles. The van der Waals surface area contributed by atoms with Crippen LogP contribution in [0.2, 0.25) is 5.02 Å². The van der Waals surface area contributed by atoms with Crippen molar-refractivity contribution in [1.82, 2.24) is 19.9 Å². The van der Waals surface area contributed by atoms with Gasteiger partial charge in [0.1, 0.15) is 22.9 Å². The van der Waals surface area contributed by atoms with Crippen molar-refractivity contribution in [2.75, 3.05) is 39.3 Å². The van der Waals surface area contributed by atoms with Crippen LogP contribution in [0.5, 0.6) is 5.75 Å². The van der Waals surface area contributed by atoms with Gasteiger partial charge < -0.3 is 14.2 Å². The minimum absolute atomic E-state index is 0.00626. The molecule has 2 aromatic carbocycles. The van der Waals surface area contributed by atoms with Crippen LogP contribution in [0.25, 0.3) is 10.9 Å². The Hall–Kier alpha value is -3.01. The van der Waals surface area contributed by atoms with E-state index in [1.807, 2.05) is 4.57 Å². The van der Waals surface area contributed by atoms with E-state index in [2.05, 4.69) is 10.3 Å². The summed E-state index contributed by atoms with van der Waals surface area (Å²) < 4.78 is 35.3. The highest BCUT2D eigenvalue weighted by Crippen LogP contribution is 2.37. The molecule has 196 valence electrons. The van der Waals surface area contributed by atoms with Gasteiger partial charge in [-0.2, -0.15) is 0 Å². The normalized spacial score (nSPS) is 16.8. The standard InChI is InChI=1S/C27H29ClF2N4O3/c1-17-3-6-19(13-23(17)29)37-12-2-7-32-8-10-33(11-9-32)31-27(36)21-16-34(18-4-5-18)25-15-22(28)24(30)14-20(25)26(21)35/h3,6,13-16,18H,2,4-5,7-12H2,1H3,(H,31,36). The van der Waals surface area contributed by atoms with Crippen LogP contribution in [0.3, 0.4) is 0 Å². The van der Waals surface area contributed by atoms with E-state index in [4.69, 9.17) is 16.3 Å². The smallest absolute Gasteiger partial charge is 0.271 e. The third kappa shape index (κ3) is 5.79. The molecule has 0 bridgehead atoms. The number of carbonyl (C=O) groups excluding carboxylic acids is 1. The minimum atomic E-state index is -0.682. The van der Waals surface area contributed by atoms with Crippen LogP contribution in [0.1, 0.15) is 41.2 Å². The van der Waals surface area contributed by atoms with Crippen LogP contribution in [0.4, 0.5) is 8.78 Å². The molecule has 0 atom stereocenters. The van der Waals surface area contributed by atoms with Gasteiger partial charge >= 0.3 is 0 Å². The average Bonchev–Trinajstić information content (AvgIpc) is 3.72. The maximum absolute atomic E-state index is 14.1. The van der Waals surface area contributed by atoms with Gasteiger partial charge in [-0.1, -0.05) is 17.7 Å². The lowest BCUT2D eigenvalue weighted by Gasteiger charge is -2.34. The number of aromatic nitrogens is 1. The number of aryl methyl sites for hydroxylation is 1. The number of hydrogen-bond acceptors (Lipinski definition) is 5. The van der Waals surface area contributed by atoms with Crippen molar-refractivity contribution in [2.45, 2.75) is 32.2 Å². The van der Waals surface area contributed by atoms with E-state index in [1.54, 1.807) is 30.3 Å². The number of rotatable bonds is 8. The van der Waals surface area contributed by atoms with Crippen LogP contribution in [-0.2, 0) is 0 Å². The molecule has 3 aromatic rings. The highest BCUT2D eigenvalue weighted by Gasteiger charge is 2.28. The number of benzene rings is 2. The Labute approximate surface area is 218 Å². The van der Waals surface area contributed by atoms with Crippen molar-refractivity contribution in [3.8, 4) is 5.75 Å². The molecule has 0 spiro atoms. The van der Waals surface area contributed by atoms with Gasteiger partial charge in [-0.05, 0) is 49.9 Å². The van der Waals surface area contributed by atoms with E-state index in [1.165, 1.54) is 12.1 Å². The fourth-order valence-corrected chi connectivity index (χ4v) is 4.75. The Bertz CT molecular complexity index is 1380. The van der Waals surface area contributed by atoms with Gasteiger partial charge in [-0.15, -0.1) is 0 Å². The number of carbonyl (C=O) groups is 1. The van der Waals surface area contributed by atoms with E-state index in [-0.39, 0.29) is 27.8 Å². The van der Waals surface area contributed by atoms with Crippen LogP contribution in [-0.4, -0.2) is 59.7 Å². The monoisotopic (exact) mass is 530 g/mol. The summed E-state index contributed by atoms with van der Waals surface area (Å²) in [5.41, 5.74) is 3.46. The summed E-state index contributed by atoms with van der Waals surface area (Å²) in [6, 6.07) is 7.61. The van der Waals surface area contributed by atoms with Gasteiger partial charge in [0, 0.05) is 56.4 Å². The molecule has 0 unspecified atom stereocenters. The lowest BCUT2D eigenvalue weighted by Crippen LogP contribution is -2.54. The van der Waals surface area contributed by atoms with Crippen LogP contribution < -0.4 is 15.6 Å². The van der Waals surface area contributed by atoms with Crippen molar-refractivity contribution >= 4 is 28.4 Å². The highest BCUT2D eigenvalue weighted by atomic mass is 35.5. The summed E-state index contributed by atoms with van der Waals surface area (Å²) in [6.07, 6.45) is 4.23. The zero-order valence-electron chi connectivity index (χ0n) is 20.6. The zero-order valence-corrected chi connectivity index (χ0v) is 21.4. The molecule has 0 radical (unpaired) electrons. The van der Waals surface area contributed by atoms with Crippen molar-refractivity contribution in [3.05, 3.63) is 74.5 Å². The van der Waals surface area contributed by atoms with Gasteiger partial charge in [-0.25, -0.2) is 13.8 Å². The summed E-state index contributed by atoms with van der Waals surface area (Å²) in [7, 11) is 0. The van der Waals surface area contributed by atoms with E-state index >= 15 is 0 Å². The maximum Gasteiger partial charge on any atom is 0.271 e. The number of fused-ring (bicyclic) bond motifs is 1. The Balaban J connectivity index is 1.15. The molecule has 2 heterocycles. The van der Waals surface area contributed by atoms with Gasteiger partial charge in [0.25, 0.3) is 5.91 Å². The molecule has 1 amide bonds. The summed E-state index contributed by atoms with van der Waals surface area (Å²) in [4.78, 5) is 28.4. The van der Waals surface area contributed by atoms with E-state index in [0.717, 1.165) is 45.0 Å². The second kappa shape index (κ2) is 10.8. The second-order valence-corrected chi connectivity index (χ2v) is 10.1. The number of hydrogen-bond donors (Lipinski definition) is 1. The van der Waals surface area contributed by atoms with Crippen molar-refractivity contribution in [3.63, 3.8) is 0 Å². The number of hydrazine groups is 1. The number of ether oxygens (including phenoxy) is 1. The SMILES string of the molecule is Cc1ccc(OCCCN2CCN(NC(=O)c3cn(C4CC4)c4cc(Cl)c(F)cc4c3=O)CC2)cc1F. The average molecular weight is 531 g/mol. The molecule has 2 fully saturated rings. The molecule has 1 N–H and O–H groups in total. The maximum atomic E-state index is 14.1. The number of piperazine rings is 1. The fraction of sp³-hybridized carbons (Fsp3) is 0.407. The molecule has 1 saturated heterocycles. The lowest BCUT2D eigenvalue weighted by atomic mass is 10.1. The van der Waals surface area contributed by atoms with Crippen LogP contribution >= 0.6 is 11.6 Å². The first-order chi connectivity index (χ1) is 17.8. The van der Waals surface area contributed by atoms with Gasteiger partial charge in [0.2, 0.25) is 5.43 Å². The first-order valence-electron chi connectivity index (χ1n) is 12.5. The van der Waals surface area contributed by atoms with Crippen molar-refractivity contribution < 1.29 is 18.3 Å². The highest BCUT2D eigenvalue weighted by molar-refractivity contribution is 6.31. The Kier molecular flexibility index (Phi) is 7.46. The molecular formula is C27H29ClF2N4O3. The van der Waals surface area contributed by atoms with Crippen molar-refractivity contribution in [2.24, 2.45) is 0 Å². The Morgan fingerprint density at radius 2 is 1.86 bits per heavy atom. The third-order valence-electron chi connectivity index (χ3n) is 6.92. The van der Waals surface area contributed by atoms with Crippen molar-refractivity contribution in [1.29, 1.82) is 0 Å². The quantitative estimate of drug-likeness (QED) is 0.440. The molecule has 1 saturated carbocycles. The first kappa shape index (κ1) is 25.6. The summed E-state index contributed by atoms with van der Waals surface area (Å²) in [5, 5.41) is 1.91. The second-order valence-electron chi connectivity index (χ2n) is 9.68. The molecule has 7 nitrogen and oxygen atoms in total. The zero-order chi connectivity index (χ0) is 26.1. The van der Waals surface area contributed by atoms with E-state index < -0.39 is 17.2 Å². The fourth-order valence-electron chi connectivity index (χ4n) is 4.59. The number of nitrogens with one attached hydrogen (secondary N) is 1. The largest absolute Gasteiger partial charge is 0.493 e. The topological polar surface area (TPSA) is 66.8 Å². The summed E-state index contributed by atoms with van der Waals surface area (Å²) in [6.45, 7) is 5.71. The predicted molar refractivity (Wildman–Crippen MR) is 138 cm³/mol. The third-order valence-corrected chi connectivity index (χ3v) is 7.21. The number of nitrogens with zero attached hydrogens (tertiary/aromatic N) is 3. The number of pyridine rings is 1.